The Balaban J connectivity index is 1.80. The summed E-state index contributed by atoms with van der Waals surface area (Å²) in [6, 6.07) is 0. The maximum absolute atomic E-state index is 10.4. The zero-order valence-corrected chi connectivity index (χ0v) is 11.6. The number of carbonyl (C=O) groups is 1. The second kappa shape index (κ2) is 6.42. The van der Waals surface area contributed by atoms with Gasteiger partial charge in [-0.05, 0) is 26.2 Å². The van der Waals surface area contributed by atoms with Gasteiger partial charge in [0.1, 0.15) is 0 Å². The van der Waals surface area contributed by atoms with Crippen LogP contribution >= 0.6 is 11.3 Å². The van der Waals surface area contributed by atoms with Gasteiger partial charge in [-0.3, -0.25) is 4.79 Å². The van der Waals surface area contributed by atoms with Crippen molar-refractivity contribution in [3.8, 4) is 0 Å². The molecule has 0 atom stereocenters. The van der Waals surface area contributed by atoms with E-state index >= 15 is 0 Å². The lowest BCUT2D eigenvalue weighted by Gasteiger charge is -1.96. The van der Waals surface area contributed by atoms with Crippen LogP contribution in [0.4, 0.5) is 0 Å². The van der Waals surface area contributed by atoms with Crippen LogP contribution in [0.5, 0.6) is 0 Å². The van der Waals surface area contributed by atoms with Crippen LogP contribution in [0, 0.1) is 6.92 Å². The van der Waals surface area contributed by atoms with Crippen LogP contribution in [0.3, 0.4) is 0 Å². The fraction of sp³-hybridized carbons (Fsp3) is 0.500. The molecule has 2 heterocycles. The number of aromatic nitrogens is 4. The van der Waals surface area contributed by atoms with E-state index in [1.54, 1.807) is 16.0 Å². The van der Waals surface area contributed by atoms with Crippen molar-refractivity contribution >= 4 is 17.3 Å². The van der Waals surface area contributed by atoms with Gasteiger partial charge in [0, 0.05) is 18.0 Å². The Labute approximate surface area is 115 Å². The number of aliphatic carboxylic acids is 1. The highest BCUT2D eigenvalue weighted by molar-refractivity contribution is 7.09. The number of hydrogen-bond donors (Lipinski definition) is 1. The highest BCUT2D eigenvalue weighted by Crippen LogP contribution is 2.10. The average molecular weight is 280 g/mol. The molecule has 1 N–H and O–H groups in total. The summed E-state index contributed by atoms with van der Waals surface area (Å²) in [5.41, 5.74) is 1.89. The van der Waals surface area contributed by atoms with Gasteiger partial charge in [0.05, 0.1) is 22.9 Å². The molecule has 0 fully saturated rings. The molecular formula is C12H16N4O2S. The Morgan fingerprint density at radius 1 is 1.42 bits per heavy atom. The maximum Gasteiger partial charge on any atom is 0.303 e. The lowest BCUT2D eigenvalue weighted by Crippen LogP contribution is -2.00. The standard InChI is InChI=1S/C12H16N4O2S/c1-9-13-11(8-19-9)7-16-6-10(14-15-16)4-2-3-5-12(17)18/h6,8H,2-5,7H2,1H3,(H,17,18). The molecule has 0 unspecified atom stereocenters. The number of nitrogens with zero attached hydrogens (tertiary/aromatic N) is 4. The van der Waals surface area contributed by atoms with E-state index in [0.717, 1.165) is 29.2 Å². The molecule has 0 aliphatic rings. The summed E-state index contributed by atoms with van der Waals surface area (Å²) in [7, 11) is 0. The molecule has 7 heteroatoms. The van der Waals surface area contributed by atoms with Gasteiger partial charge in [-0.25, -0.2) is 9.67 Å². The highest BCUT2D eigenvalue weighted by atomic mass is 32.1. The minimum atomic E-state index is -0.748. The van der Waals surface area contributed by atoms with Crippen LogP contribution < -0.4 is 0 Å². The Bertz CT molecular complexity index is 549. The third kappa shape index (κ3) is 4.44. The summed E-state index contributed by atoms with van der Waals surface area (Å²) in [5.74, 6) is -0.748. The number of carboxylic acid groups (broad SMARTS) is 1. The van der Waals surface area contributed by atoms with E-state index in [2.05, 4.69) is 15.3 Å². The first-order chi connectivity index (χ1) is 9.13. The predicted molar refractivity (Wildman–Crippen MR) is 71.2 cm³/mol. The van der Waals surface area contributed by atoms with Gasteiger partial charge in [0.25, 0.3) is 0 Å². The highest BCUT2D eigenvalue weighted by Gasteiger charge is 2.04. The average Bonchev–Trinajstić information content (AvgIpc) is 2.95. The first kappa shape index (κ1) is 13.7. The van der Waals surface area contributed by atoms with Crippen molar-refractivity contribution < 1.29 is 9.90 Å². The van der Waals surface area contributed by atoms with Gasteiger partial charge >= 0.3 is 5.97 Å². The number of aryl methyl sites for hydroxylation is 2. The van der Waals surface area contributed by atoms with E-state index in [9.17, 15) is 4.79 Å². The largest absolute Gasteiger partial charge is 0.481 e. The van der Waals surface area contributed by atoms with Crippen molar-refractivity contribution in [3.05, 3.63) is 28.0 Å². The van der Waals surface area contributed by atoms with Crippen molar-refractivity contribution in [1.29, 1.82) is 0 Å². The summed E-state index contributed by atoms with van der Waals surface area (Å²) in [6.07, 6.45) is 4.37. The van der Waals surface area contributed by atoms with Crippen LogP contribution in [-0.2, 0) is 17.8 Å². The molecule has 0 aliphatic heterocycles. The molecule has 0 radical (unpaired) electrons. The normalized spacial score (nSPS) is 10.8. The van der Waals surface area contributed by atoms with Crippen molar-refractivity contribution in [3.63, 3.8) is 0 Å². The lowest BCUT2D eigenvalue weighted by atomic mass is 10.1. The summed E-state index contributed by atoms with van der Waals surface area (Å²) in [4.78, 5) is 14.8. The molecule has 0 amide bonds. The predicted octanol–water partition coefficient (Wildman–Crippen LogP) is 1.89. The number of carboxylic acids is 1. The maximum atomic E-state index is 10.4. The van der Waals surface area contributed by atoms with Crippen molar-refractivity contribution in [2.24, 2.45) is 0 Å². The van der Waals surface area contributed by atoms with Crippen LogP contribution in [0.2, 0.25) is 0 Å². The molecule has 6 nitrogen and oxygen atoms in total. The number of thiazole rings is 1. The number of rotatable bonds is 7. The van der Waals surface area contributed by atoms with Crippen LogP contribution in [-0.4, -0.2) is 31.1 Å². The van der Waals surface area contributed by atoms with Crippen molar-refractivity contribution in [2.45, 2.75) is 39.2 Å². The SMILES string of the molecule is Cc1nc(Cn2cc(CCCCC(=O)O)nn2)cs1. The molecule has 0 bridgehead atoms. The van der Waals surface area contributed by atoms with Gasteiger partial charge < -0.3 is 5.11 Å². The quantitative estimate of drug-likeness (QED) is 0.783. The third-order valence-electron chi connectivity index (χ3n) is 2.65. The molecule has 19 heavy (non-hydrogen) atoms. The zero-order valence-electron chi connectivity index (χ0n) is 10.7. The summed E-state index contributed by atoms with van der Waals surface area (Å²) in [6.45, 7) is 2.61. The van der Waals surface area contributed by atoms with E-state index in [0.29, 0.717) is 13.0 Å². The zero-order chi connectivity index (χ0) is 13.7. The van der Waals surface area contributed by atoms with Crippen molar-refractivity contribution in [1.82, 2.24) is 20.0 Å². The van der Waals surface area contributed by atoms with Gasteiger partial charge in [-0.2, -0.15) is 0 Å². The molecule has 2 rings (SSSR count). The molecule has 0 spiro atoms. The van der Waals surface area contributed by atoms with E-state index in [-0.39, 0.29) is 6.42 Å². The van der Waals surface area contributed by atoms with Gasteiger partial charge in [-0.15, -0.1) is 16.4 Å². The van der Waals surface area contributed by atoms with Gasteiger partial charge in [-0.1, -0.05) is 5.21 Å². The molecule has 0 saturated carbocycles. The van der Waals surface area contributed by atoms with Crippen LogP contribution in [0.25, 0.3) is 0 Å². The molecule has 102 valence electrons. The first-order valence-electron chi connectivity index (χ1n) is 6.15. The Kier molecular flexibility index (Phi) is 4.62. The van der Waals surface area contributed by atoms with E-state index in [1.165, 1.54) is 0 Å². The minimum Gasteiger partial charge on any atom is -0.481 e. The van der Waals surface area contributed by atoms with Crippen LogP contribution in [0.15, 0.2) is 11.6 Å². The second-order valence-corrected chi connectivity index (χ2v) is 5.43. The van der Waals surface area contributed by atoms with E-state index < -0.39 is 5.97 Å². The topological polar surface area (TPSA) is 80.9 Å². The summed E-state index contributed by atoms with van der Waals surface area (Å²) >= 11 is 1.62. The lowest BCUT2D eigenvalue weighted by molar-refractivity contribution is -0.137. The Hall–Kier alpha value is -1.76. The smallest absolute Gasteiger partial charge is 0.303 e. The molecule has 0 saturated heterocycles. The molecule has 2 aromatic rings. The van der Waals surface area contributed by atoms with Crippen molar-refractivity contribution in [2.75, 3.05) is 0 Å². The molecular weight excluding hydrogens is 264 g/mol. The van der Waals surface area contributed by atoms with Crippen LogP contribution in [0.1, 0.15) is 35.7 Å². The minimum absolute atomic E-state index is 0.215. The summed E-state index contributed by atoms with van der Waals surface area (Å²) < 4.78 is 1.76. The number of hydrogen-bond acceptors (Lipinski definition) is 5. The molecule has 0 aromatic carbocycles. The second-order valence-electron chi connectivity index (χ2n) is 4.37. The fourth-order valence-corrected chi connectivity index (χ4v) is 2.36. The van der Waals surface area contributed by atoms with Gasteiger partial charge in [0.15, 0.2) is 0 Å². The van der Waals surface area contributed by atoms with Gasteiger partial charge in [0.2, 0.25) is 0 Å². The Morgan fingerprint density at radius 3 is 2.95 bits per heavy atom. The fourth-order valence-electron chi connectivity index (χ4n) is 1.76. The molecule has 0 aliphatic carbocycles. The number of unbranched alkanes of at least 4 members (excludes halogenated alkanes) is 1. The Morgan fingerprint density at radius 2 is 2.26 bits per heavy atom. The van der Waals surface area contributed by atoms with E-state index in [4.69, 9.17) is 5.11 Å². The first-order valence-corrected chi connectivity index (χ1v) is 7.03. The summed E-state index contributed by atoms with van der Waals surface area (Å²) in [5, 5.41) is 19.7. The van der Waals surface area contributed by atoms with E-state index in [1.807, 2.05) is 18.5 Å². The molecule has 2 aromatic heterocycles. The third-order valence-corrected chi connectivity index (χ3v) is 3.47. The monoisotopic (exact) mass is 280 g/mol.